The van der Waals surface area contributed by atoms with Gasteiger partial charge in [0.05, 0.1) is 24.8 Å². The molecule has 0 radical (unpaired) electrons. The van der Waals surface area contributed by atoms with Crippen molar-refractivity contribution in [3.63, 3.8) is 0 Å². The Bertz CT molecular complexity index is 1380. The molecule has 1 aliphatic heterocycles. The molecule has 0 spiro atoms. The summed E-state index contributed by atoms with van der Waals surface area (Å²) in [4.78, 5) is 28.5. The van der Waals surface area contributed by atoms with E-state index in [9.17, 15) is 14.7 Å². The summed E-state index contributed by atoms with van der Waals surface area (Å²) in [5.74, 6) is -0.235. The summed E-state index contributed by atoms with van der Waals surface area (Å²) < 4.78 is 11.4. The predicted molar refractivity (Wildman–Crippen MR) is 150 cm³/mol. The fourth-order valence-corrected chi connectivity index (χ4v) is 4.82. The van der Waals surface area contributed by atoms with Gasteiger partial charge in [-0.1, -0.05) is 50.6 Å². The quantitative estimate of drug-likeness (QED) is 0.216. The Balaban J connectivity index is 1.91. The van der Waals surface area contributed by atoms with Crippen LogP contribution in [0.2, 0.25) is 0 Å². The summed E-state index contributed by atoms with van der Waals surface area (Å²) in [6.07, 6.45) is 0. The van der Waals surface area contributed by atoms with Gasteiger partial charge in [-0.3, -0.25) is 14.5 Å². The largest absolute Gasteiger partial charge is 0.507 e. The lowest BCUT2D eigenvalue weighted by Gasteiger charge is -2.26. The van der Waals surface area contributed by atoms with Crippen LogP contribution >= 0.6 is 0 Å². The van der Waals surface area contributed by atoms with Gasteiger partial charge in [0.2, 0.25) is 0 Å². The van der Waals surface area contributed by atoms with Crippen molar-refractivity contribution in [2.45, 2.75) is 53.0 Å². The van der Waals surface area contributed by atoms with Gasteiger partial charge >= 0.3 is 0 Å². The molecule has 38 heavy (non-hydrogen) atoms. The number of carbonyl (C=O) groups is 2. The molecule has 3 aromatic rings. The second-order valence-electron chi connectivity index (χ2n) is 10.4. The van der Waals surface area contributed by atoms with Gasteiger partial charge in [0, 0.05) is 16.8 Å². The van der Waals surface area contributed by atoms with E-state index < -0.39 is 17.7 Å². The van der Waals surface area contributed by atoms with E-state index in [1.54, 1.807) is 30.3 Å². The maximum Gasteiger partial charge on any atom is 0.300 e. The average Bonchev–Trinajstić information content (AvgIpc) is 3.14. The summed E-state index contributed by atoms with van der Waals surface area (Å²) in [7, 11) is 0. The summed E-state index contributed by atoms with van der Waals surface area (Å²) >= 11 is 0. The second kappa shape index (κ2) is 10.7. The van der Waals surface area contributed by atoms with Gasteiger partial charge in [0.1, 0.15) is 17.3 Å². The highest BCUT2D eigenvalue weighted by Gasteiger charge is 2.47. The van der Waals surface area contributed by atoms with E-state index in [0.717, 1.165) is 22.4 Å². The third-order valence-corrected chi connectivity index (χ3v) is 6.59. The number of benzene rings is 3. The van der Waals surface area contributed by atoms with Crippen LogP contribution in [0.5, 0.6) is 11.5 Å². The SMILES string of the molecule is CCOc1ccc(N2C(=O)C(=O)/C(=C(\O)c3ccc(OCC)c(C(C)(C)C)c3)C2c2cccc(C)c2)cc1. The van der Waals surface area contributed by atoms with Gasteiger partial charge < -0.3 is 14.6 Å². The predicted octanol–water partition coefficient (Wildman–Crippen LogP) is 6.72. The fraction of sp³-hybridized carbons (Fsp3) is 0.312. The first-order chi connectivity index (χ1) is 18.1. The molecule has 1 aliphatic rings. The number of aliphatic hydroxyl groups is 1. The first-order valence-corrected chi connectivity index (χ1v) is 12.9. The maximum atomic E-state index is 13.5. The van der Waals surface area contributed by atoms with E-state index >= 15 is 0 Å². The number of hydrogen-bond acceptors (Lipinski definition) is 5. The zero-order valence-corrected chi connectivity index (χ0v) is 22.9. The highest BCUT2D eigenvalue weighted by molar-refractivity contribution is 6.51. The molecule has 0 saturated carbocycles. The van der Waals surface area contributed by atoms with Crippen LogP contribution in [0.4, 0.5) is 5.69 Å². The summed E-state index contributed by atoms with van der Waals surface area (Å²) in [5, 5.41) is 11.6. The molecule has 6 nitrogen and oxygen atoms in total. The number of ether oxygens (including phenoxy) is 2. The van der Waals surface area contributed by atoms with E-state index in [0.29, 0.717) is 30.2 Å². The van der Waals surface area contributed by atoms with Crippen molar-refractivity contribution in [1.29, 1.82) is 0 Å². The van der Waals surface area contributed by atoms with E-state index in [2.05, 4.69) is 20.8 Å². The Morgan fingerprint density at radius 2 is 1.61 bits per heavy atom. The molecule has 1 N–H and O–H groups in total. The number of Topliss-reactive ketones (excluding diaryl/α,β-unsaturated/α-hetero) is 1. The second-order valence-corrected chi connectivity index (χ2v) is 10.4. The lowest BCUT2D eigenvalue weighted by Crippen LogP contribution is -2.29. The normalized spacial score (nSPS) is 17.1. The standard InChI is InChI=1S/C32H35NO5/c1-7-37-24-15-13-23(14-16-24)33-28(21-11-9-10-20(3)18-21)27(30(35)31(33)36)29(34)22-12-17-26(38-8-2)25(19-22)32(4,5)6/h9-19,28,34H,7-8H2,1-6H3/b29-27-. The third kappa shape index (κ3) is 5.17. The Morgan fingerprint density at radius 3 is 2.21 bits per heavy atom. The number of rotatable bonds is 7. The Kier molecular flexibility index (Phi) is 7.63. The molecule has 3 aromatic carbocycles. The minimum Gasteiger partial charge on any atom is -0.507 e. The van der Waals surface area contributed by atoms with Crippen LogP contribution in [0.25, 0.3) is 5.76 Å². The third-order valence-electron chi connectivity index (χ3n) is 6.59. The lowest BCUT2D eigenvalue weighted by atomic mass is 9.84. The van der Waals surface area contributed by atoms with Gasteiger partial charge in [-0.2, -0.15) is 0 Å². The number of amides is 1. The molecule has 0 bridgehead atoms. The molecule has 4 rings (SSSR count). The van der Waals surface area contributed by atoms with E-state index in [1.165, 1.54) is 4.90 Å². The zero-order valence-electron chi connectivity index (χ0n) is 22.9. The number of aryl methyl sites for hydroxylation is 1. The van der Waals surface area contributed by atoms with E-state index in [4.69, 9.17) is 9.47 Å². The van der Waals surface area contributed by atoms with E-state index in [1.807, 2.05) is 57.2 Å². The summed E-state index contributed by atoms with van der Waals surface area (Å²) in [6, 6.07) is 19.3. The minimum atomic E-state index is -0.794. The van der Waals surface area contributed by atoms with Crippen molar-refractivity contribution in [3.05, 3.63) is 94.6 Å². The number of nitrogens with zero attached hydrogens (tertiary/aromatic N) is 1. The molecule has 1 unspecified atom stereocenters. The van der Waals surface area contributed by atoms with Gasteiger partial charge in [-0.05, 0) is 74.2 Å². The van der Waals surface area contributed by atoms with Crippen LogP contribution in [0, 0.1) is 6.92 Å². The highest BCUT2D eigenvalue weighted by Crippen LogP contribution is 2.43. The molecule has 1 fully saturated rings. The zero-order chi connectivity index (χ0) is 27.6. The Labute approximate surface area is 224 Å². The van der Waals surface area contributed by atoms with Crippen LogP contribution in [-0.4, -0.2) is 30.0 Å². The minimum absolute atomic E-state index is 0.0542. The summed E-state index contributed by atoms with van der Waals surface area (Å²) in [5.41, 5.74) is 3.40. The number of aliphatic hydroxyl groups excluding tert-OH is 1. The van der Waals surface area contributed by atoms with Gasteiger partial charge in [-0.15, -0.1) is 0 Å². The molecule has 6 heteroatoms. The van der Waals surface area contributed by atoms with Crippen molar-refractivity contribution in [1.82, 2.24) is 0 Å². The first-order valence-electron chi connectivity index (χ1n) is 12.9. The van der Waals surface area contributed by atoms with Crippen molar-refractivity contribution >= 4 is 23.1 Å². The topological polar surface area (TPSA) is 76.1 Å². The van der Waals surface area contributed by atoms with Crippen LogP contribution in [0.1, 0.15) is 62.9 Å². The van der Waals surface area contributed by atoms with Gasteiger partial charge in [-0.25, -0.2) is 0 Å². The van der Waals surface area contributed by atoms with Gasteiger partial charge in [0.15, 0.2) is 0 Å². The molecular weight excluding hydrogens is 478 g/mol. The Hall–Kier alpha value is -4.06. The van der Waals surface area contributed by atoms with Crippen LogP contribution in [-0.2, 0) is 15.0 Å². The Morgan fingerprint density at radius 1 is 0.921 bits per heavy atom. The number of ketones is 1. The average molecular weight is 514 g/mol. The molecule has 1 saturated heterocycles. The molecule has 1 atom stereocenters. The molecule has 0 aromatic heterocycles. The fourth-order valence-electron chi connectivity index (χ4n) is 4.82. The van der Waals surface area contributed by atoms with E-state index in [-0.39, 0.29) is 16.7 Å². The van der Waals surface area contributed by atoms with Crippen molar-refractivity contribution in [3.8, 4) is 11.5 Å². The molecule has 0 aliphatic carbocycles. The maximum absolute atomic E-state index is 13.5. The van der Waals surface area contributed by atoms with Crippen LogP contribution in [0.15, 0.2) is 72.3 Å². The highest BCUT2D eigenvalue weighted by atomic mass is 16.5. The van der Waals surface area contributed by atoms with Crippen LogP contribution in [0.3, 0.4) is 0 Å². The molecule has 1 heterocycles. The number of carbonyl (C=O) groups excluding carboxylic acids is 2. The number of hydrogen-bond donors (Lipinski definition) is 1. The van der Waals surface area contributed by atoms with Crippen molar-refractivity contribution in [2.75, 3.05) is 18.1 Å². The molecule has 198 valence electrons. The lowest BCUT2D eigenvalue weighted by molar-refractivity contribution is -0.132. The van der Waals surface area contributed by atoms with Crippen molar-refractivity contribution in [2.24, 2.45) is 0 Å². The van der Waals surface area contributed by atoms with Crippen LogP contribution < -0.4 is 14.4 Å². The van der Waals surface area contributed by atoms with Crippen molar-refractivity contribution < 1.29 is 24.2 Å². The molecule has 1 amide bonds. The summed E-state index contributed by atoms with van der Waals surface area (Å²) in [6.45, 7) is 13.0. The monoisotopic (exact) mass is 513 g/mol. The van der Waals surface area contributed by atoms with Gasteiger partial charge in [0.25, 0.3) is 11.7 Å². The first kappa shape index (κ1) is 27.0. The molecular formula is C32H35NO5. The smallest absolute Gasteiger partial charge is 0.300 e. The number of anilines is 1.